The molecule has 0 spiro atoms. The number of sulfonamides is 1. The van der Waals surface area contributed by atoms with Crippen molar-refractivity contribution in [2.24, 2.45) is 0 Å². The highest BCUT2D eigenvalue weighted by Crippen LogP contribution is 2.18. The number of amides is 1. The minimum atomic E-state index is -3.66. The molecule has 1 aliphatic rings. The Morgan fingerprint density at radius 1 is 1.18 bits per heavy atom. The molecule has 0 aliphatic heterocycles. The van der Waals surface area contributed by atoms with Crippen LogP contribution in [0.3, 0.4) is 0 Å². The zero-order valence-corrected chi connectivity index (χ0v) is 14.0. The van der Waals surface area contributed by atoms with E-state index in [1.54, 1.807) is 19.1 Å². The van der Waals surface area contributed by atoms with E-state index in [0.717, 1.165) is 31.2 Å². The number of aryl methyl sites for hydroxylation is 2. The molecule has 1 aromatic carbocycles. The van der Waals surface area contributed by atoms with Crippen LogP contribution in [0.5, 0.6) is 0 Å². The maximum atomic E-state index is 12.3. The van der Waals surface area contributed by atoms with Crippen LogP contribution in [0.25, 0.3) is 0 Å². The van der Waals surface area contributed by atoms with E-state index in [1.165, 1.54) is 6.42 Å². The van der Waals surface area contributed by atoms with Gasteiger partial charge in [0.05, 0.1) is 11.4 Å². The van der Waals surface area contributed by atoms with Crippen LogP contribution in [0.2, 0.25) is 0 Å². The first-order valence-electron chi connectivity index (χ1n) is 7.75. The summed E-state index contributed by atoms with van der Waals surface area (Å²) in [6.07, 6.45) is 5.43. The fraction of sp³-hybridized carbons (Fsp3) is 0.562. The molecule has 0 radical (unpaired) electrons. The van der Waals surface area contributed by atoms with Crippen LogP contribution in [-0.4, -0.2) is 26.9 Å². The molecule has 2 rings (SSSR count). The van der Waals surface area contributed by atoms with Crippen LogP contribution in [0.1, 0.15) is 43.2 Å². The lowest BCUT2D eigenvalue weighted by atomic mass is 9.95. The Kier molecular flexibility index (Phi) is 5.58. The van der Waals surface area contributed by atoms with Gasteiger partial charge in [0.1, 0.15) is 0 Å². The Hall–Kier alpha value is -1.40. The number of benzene rings is 1. The van der Waals surface area contributed by atoms with E-state index >= 15 is 0 Å². The summed E-state index contributed by atoms with van der Waals surface area (Å²) in [5.41, 5.74) is 1.54. The van der Waals surface area contributed by atoms with Crippen molar-refractivity contribution in [1.29, 1.82) is 0 Å². The van der Waals surface area contributed by atoms with Crippen LogP contribution < -0.4 is 10.0 Å². The van der Waals surface area contributed by atoms with E-state index in [1.807, 2.05) is 13.0 Å². The molecule has 1 fully saturated rings. The van der Waals surface area contributed by atoms with Gasteiger partial charge in [-0.3, -0.25) is 4.79 Å². The van der Waals surface area contributed by atoms with E-state index in [9.17, 15) is 13.2 Å². The minimum Gasteiger partial charge on any atom is -0.352 e. The summed E-state index contributed by atoms with van der Waals surface area (Å²) in [6, 6.07) is 5.44. The Morgan fingerprint density at radius 3 is 2.55 bits per heavy atom. The first-order chi connectivity index (χ1) is 10.4. The van der Waals surface area contributed by atoms with Crippen LogP contribution in [-0.2, 0) is 14.8 Å². The minimum absolute atomic E-state index is 0.187. The second-order valence-corrected chi connectivity index (χ2v) is 7.73. The maximum Gasteiger partial charge on any atom is 0.241 e. The summed E-state index contributed by atoms with van der Waals surface area (Å²) in [6.45, 7) is 3.37. The van der Waals surface area contributed by atoms with E-state index in [-0.39, 0.29) is 23.4 Å². The summed E-state index contributed by atoms with van der Waals surface area (Å²) in [7, 11) is -3.66. The van der Waals surface area contributed by atoms with Crippen molar-refractivity contribution in [2.45, 2.75) is 56.9 Å². The van der Waals surface area contributed by atoms with Crippen molar-refractivity contribution in [1.82, 2.24) is 10.0 Å². The number of carbonyl (C=O) groups is 1. The highest BCUT2D eigenvalue weighted by molar-refractivity contribution is 7.89. The zero-order chi connectivity index (χ0) is 16.2. The van der Waals surface area contributed by atoms with Crippen LogP contribution in [0.15, 0.2) is 23.1 Å². The molecular weight excluding hydrogens is 300 g/mol. The third-order valence-corrected chi connectivity index (χ3v) is 5.57. The molecule has 5 nitrogen and oxygen atoms in total. The van der Waals surface area contributed by atoms with Gasteiger partial charge in [-0.05, 0) is 43.9 Å². The Morgan fingerprint density at radius 2 is 1.86 bits per heavy atom. The Labute approximate surface area is 132 Å². The topological polar surface area (TPSA) is 75.3 Å². The van der Waals surface area contributed by atoms with Gasteiger partial charge < -0.3 is 5.32 Å². The monoisotopic (exact) mass is 324 g/mol. The molecule has 0 atom stereocenters. The standard InChI is InChI=1S/C16H24N2O3S/c1-12-8-9-13(2)15(10-12)22(20,21)17-11-16(19)18-14-6-4-3-5-7-14/h8-10,14,17H,3-7,11H2,1-2H3,(H,18,19). The van der Waals surface area contributed by atoms with Crippen LogP contribution in [0, 0.1) is 13.8 Å². The van der Waals surface area contributed by atoms with Gasteiger partial charge >= 0.3 is 0 Å². The lowest BCUT2D eigenvalue weighted by molar-refractivity contribution is -0.120. The van der Waals surface area contributed by atoms with E-state index in [4.69, 9.17) is 0 Å². The Bertz CT molecular complexity index is 635. The van der Waals surface area contributed by atoms with Gasteiger partial charge in [0, 0.05) is 6.04 Å². The predicted octanol–water partition coefficient (Wildman–Crippen LogP) is 2.03. The van der Waals surface area contributed by atoms with Gasteiger partial charge in [-0.25, -0.2) is 13.1 Å². The predicted molar refractivity (Wildman–Crippen MR) is 86.1 cm³/mol. The van der Waals surface area contributed by atoms with E-state index in [2.05, 4.69) is 10.0 Å². The van der Waals surface area contributed by atoms with Crippen molar-refractivity contribution in [3.8, 4) is 0 Å². The van der Waals surface area contributed by atoms with Gasteiger partial charge in [-0.2, -0.15) is 0 Å². The fourth-order valence-electron chi connectivity index (χ4n) is 2.76. The second kappa shape index (κ2) is 7.24. The quantitative estimate of drug-likeness (QED) is 0.870. The molecule has 0 bridgehead atoms. The van der Waals surface area contributed by atoms with Crippen molar-refractivity contribution >= 4 is 15.9 Å². The summed E-state index contributed by atoms with van der Waals surface area (Å²) in [4.78, 5) is 12.1. The molecule has 22 heavy (non-hydrogen) atoms. The zero-order valence-electron chi connectivity index (χ0n) is 13.2. The molecule has 1 aliphatic carbocycles. The van der Waals surface area contributed by atoms with E-state index < -0.39 is 10.0 Å². The molecule has 2 N–H and O–H groups in total. The first kappa shape index (κ1) is 17.0. The molecule has 0 saturated heterocycles. The largest absolute Gasteiger partial charge is 0.352 e. The number of nitrogens with one attached hydrogen (secondary N) is 2. The van der Waals surface area contributed by atoms with Gasteiger partial charge in [-0.15, -0.1) is 0 Å². The number of rotatable bonds is 5. The van der Waals surface area contributed by atoms with Crippen molar-refractivity contribution in [3.63, 3.8) is 0 Å². The number of hydrogen-bond acceptors (Lipinski definition) is 3. The summed E-state index contributed by atoms with van der Waals surface area (Å²) in [5, 5.41) is 2.90. The molecular formula is C16H24N2O3S. The number of carbonyl (C=O) groups excluding carboxylic acids is 1. The van der Waals surface area contributed by atoms with Crippen molar-refractivity contribution < 1.29 is 13.2 Å². The number of hydrogen-bond donors (Lipinski definition) is 2. The smallest absolute Gasteiger partial charge is 0.241 e. The molecule has 1 saturated carbocycles. The molecule has 0 unspecified atom stereocenters. The molecule has 0 aromatic heterocycles. The lowest BCUT2D eigenvalue weighted by Crippen LogP contribution is -2.42. The SMILES string of the molecule is Cc1ccc(C)c(S(=O)(=O)NCC(=O)NC2CCCCC2)c1. The summed E-state index contributed by atoms with van der Waals surface area (Å²) >= 11 is 0. The third kappa shape index (κ3) is 4.55. The average Bonchev–Trinajstić information content (AvgIpc) is 2.49. The molecule has 1 amide bonds. The van der Waals surface area contributed by atoms with Gasteiger partial charge in [0.2, 0.25) is 15.9 Å². The summed E-state index contributed by atoms with van der Waals surface area (Å²) in [5.74, 6) is -0.263. The van der Waals surface area contributed by atoms with Gasteiger partial charge in [0.15, 0.2) is 0 Å². The molecule has 1 aromatic rings. The lowest BCUT2D eigenvalue weighted by Gasteiger charge is -2.22. The highest BCUT2D eigenvalue weighted by Gasteiger charge is 2.20. The molecule has 0 heterocycles. The fourth-order valence-corrected chi connectivity index (χ4v) is 4.07. The van der Waals surface area contributed by atoms with Crippen molar-refractivity contribution in [3.05, 3.63) is 29.3 Å². The van der Waals surface area contributed by atoms with Gasteiger partial charge in [0.25, 0.3) is 0 Å². The Balaban J connectivity index is 1.94. The van der Waals surface area contributed by atoms with Crippen molar-refractivity contribution in [2.75, 3.05) is 6.54 Å². The van der Waals surface area contributed by atoms with Gasteiger partial charge in [-0.1, -0.05) is 31.4 Å². The van der Waals surface area contributed by atoms with Crippen LogP contribution in [0.4, 0.5) is 0 Å². The van der Waals surface area contributed by atoms with E-state index in [0.29, 0.717) is 5.56 Å². The highest BCUT2D eigenvalue weighted by atomic mass is 32.2. The van der Waals surface area contributed by atoms with Crippen LogP contribution >= 0.6 is 0 Å². The first-order valence-corrected chi connectivity index (χ1v) is 9.23. The normalized spacial score (nSPS) is 16.5. The maximum absolute atomic E-state index is 12.3. The average molecular weight is 324 g/mol. The molecule has 122 valence electrons. The molecule has 6 heteroatoms. The second-order valence-electron chi connectivity index (χ2n) is 6.00. The summed E-state index contributed by atoms with van der Waals surface area (Å²) < 4.78 is 27.0. The third-order valence-electron chi connectivity index (χ3n) is 4.03.